The molecule has 0 aliphatic heterocycles. The molecule has 0 aliphatic carbocycles. The Morgan fingerprint density at radius 2 is 2.28 bits per heavy atom. The number of fused-ring (bicyclic) bond motifs is 1. The topological polar surface area (TPSA) is 59.4 Å². The number of pyridine rings is 1. The number of hydrogen-bond donors (Lipinski definition) is 1. The third kappa shape index (κ3) is 2.59. The number of carbonyl (C=O) groups excluding carboxylic acids is 1. The summed E-state index contributed by atoms with van der Waals surface area (Å²) in [4.78, 5) is 14.3. The summed E-state index contributed by atoms with van der Waals surface area (Å²) < 4.78 is 4.99. The van der Waals surface area contributed by atoms with Crippen molar-refractivity contribution in [3.05, 3.63) is 36.2 Å². The second kappa shape index (κ2) is 5.49. The molecule has 0 amide bonds. The van der Waals surface area contributed by atoms with Crippen LogP contribution in [-0.4, -0.2) is 22.7 Å². The van der Waals surface area contributed by atoms with E-state index in [1.54, 1.807) is 6.20 Å². The van der Waals surface area contributed by atoms with Gasteiger partial charge in [0.1, 0.15) is 11.9 Å². The molecule has 18 heavy (non-hydrogen) atoms. The first-order chi connectivity index (χ1) is 8.74. The van der Waals surface area contributed by atoms with E-state index in [0.29, 0.717) is 12.9 Å². The normalized spacial score (nSPS) is 12.3. The first-order valence-corrected chi connectivity index (χ1v) is 5.89. The monoisotopic (exact) mass is 245 g/mol. The summed E-state index contributed by atoms with van der Waals surface area (Å²) in [7, 11) is 0. The number of rotatable bonds is 5. The van der Waals surface area contributed by atoms with Crippen LogP contribution in [-0.2, 0) is 16.0 Å². The smallest absolute Gasteiger partial charge is 0.293 e. The minimum Gasteiger partial charge on any atom is -0.506 e. The van der Waals surface area contributed by atoms with Crippen LogP contribution in [0, 0.1) is 0 Å². The second-order valence-corrected chi connectivity index (χ2v) is 4.18. The van der Waals surface area contributed by atoms with Crippen molar-refractivity contribution < 1.29 is 14.6 Å². The van der Waals surface area contributed by atoms with Crippen LogP contribution in [0.25, 0.3) is 10.8 Å². The molecule has 0 aliphatic rings. The molecule has 1 aromatic heterocycles. The molecule has 2 rings (SSSR count). The van der Waals surface area contributed by atoms with Gasteiger partial charge < -0.3 is 9.84 Å². The lowest BCUT2D eigenvalue weighted by Crippen LogP contribution is -2.13. The minimum absolute atomic E-state index is 0.106. The predicted molar refractivity (Wildman–Crippen MR) is 68.3 cm³/mol. The number of aromatic nitrogens is 1. The largest absolute Gasteiger partial charge is 0.506 e. The lowest BCUT2D eigenvalue weighted by Gasteiger charge is -2.13. The molecule has 0 radical (unpaired) electrons. The molecular formula is C14H15NO3. The summed E-state index contributed by atoms with van der Waals surface area (Å²) >= 11 is 0. The fraction of sp³-hybridized carbons (Fsp3) is 0.286. The Bertz CT molecular complexity index is 554. The zero-order valence-corrected chi connectivity index (χ0v) is 10.2. The predicted octanol–water partition coefficient (Wildman–Crippen LogP) is 2.43. The standard InChI is InChI=1S/C14H15NO3/c1-2-12(18-9-16)6-10-3-4-13-11(5-10)7-15-8-14(13)17/h3-5,7-9,12,17H,2,6H2,1H3. The van der Waals surface area contributed by atoms with Gasteiger partial charge in [0.25, 0.3) is 6.47 Å². The quantitative estimate of drug-likeness (QED) is 0.822. The average Bonchev–Trinajstić information content (AvgIpc) is 2.38. The van der Waals surface area contributed by atoms with Crippen molar-refractivity contribution in [3.63, 3.8) is 0 Å². The summed E-state index contributed by atoms with van der Waals surface area (Å²) in [5, 5.41) is 11.3. The maximum Gasteiger partial charge on any atom is 0.293 e. The van der Waals surface area contributed by atoms with Crippen LogP contribution in [0.3, 0.4) is 0 Å². The van der Waals surface area contributed by atoms with Crippen molar-refractivity contribution >= 4 is 17.2 Å². The molecule has 1 N–H and O–H groups in total. The van der Waals surface area contributed by atoms with Crippen molar-refractivity contribution in [2.24, 2.45) is 0 Å². The highest BCUT2D eigenvalue weighted by atomic mass is 16.5. The summed E-state index contributed by atoms with van der Waals surface area (Å²) in [5.74, 6) is 0.176. The van der Waals surface area contributed by atoms with E-state index in [9.17, 15) is 9.90 Å². The van der Waals surface area contributed by atoms with Crippen LogP contribution in [0.4, 0.5) is 0 Å². The van der Waals surface area contributed by atoms with Gasteiger partial charge in [0.05, 0.1) is 6.20 Å². The summed E-state index contributed by atoms with van der Waals surface area (Å²) in [6.07, 6.45) is 4.47. The molecule has 4 heteroatoms. The van der Waals surface area contributed by atoms with Gasteiger partial charge in [0.2, 0.25) is 0 Å². The van der Waals surface area contributed by atoms with Gasteiger partial charge in [0.15, 0.2) is 0 Å². The summed E-state index contributed by atoms with van der Waals surface area (Å²) in [6.45, 7) is 2.46. The lowest BCUT2D eigenvalue weighted by atomic mass is 10.0. The zero-order chi connectivity index (χ0) is 13.0. The maximum atomic E-state index is 10.4. The third-order valence-electron chi connectivity index (χ3n) is 2.97. The van der Waals surface area contributed by atoms with E-state index in [2.05, 4.69) is 4.98 Å². The van der Waals surface area contributed by atoms with Crippen molar-refractivity contribution in [1.82, 2.24) is 4.98 Å². The second-order valence-electron chi connectivity index (χ2n) is 4.18. The van der Waals surface area contributed by atoms with Crippen LogP contribution in [0.2, 0.25) is 0 Å². The van der Waals surface area contributed by atoms with Crippen LogP contribution < -0.4 is 0 Å². The van der Waals surface area contributed by atoms with Gasteiger partial charge in [-0.05, 0) is 18.1 Å². The first kappa shape index (κ1) is 12.4. The Balaban J connectivity index is 2.27. The van der Waals surface area contributed by atoms with Crippen LogP contribution in [0.15, 0.2) is 30.6 Å². The molecule has 2 aromatic rings. The first-order valence-electron chi connectivity index (χ1n) is 5.89. The zero-order valence-electron chi connectivity index (χ0n) is 10.2. The number of carbonyl (C=O) groups is 1. The highest BCUT2D eigenvalue weighted by Crippen LogP contribution is 2.24. The van der Waals surface area contributed by atoms with Crippen molar-refractivity contribution in [2.75, 3.05) is 0 Å². The van der Waals surface area contributed by atoms with Crippen LogP contribution in [0.5, 0.6) is 5.75 Å². The van der Waals surface area contributed by atoms with E-state index in [-0.39, 0.29) is 11.9 Å². The average molecular weight is 245 g/mol. The lowest BCUT2D eigenvalue weighted by molar-refractivity contribution is -0.133. The highest BCUT2D eigenvalue weighted by molar-refractivity contribution is 5.87. The molecule has 0 saturated carbocycles. The van der Waals surface area contributed by atoms with Crippen molar-refractivity contribution in [2.45, 2.75) is 25.9 Å². The molecule has 94 valence electrons. The molecule has 1 unspecified atom stereocenters. The minimum atomic E-state index is -0.106. The van der Waals surface area contributed by atoms with Gasteiger partial charge in [-0.3, -0.25) is 9.78 Å². The van der Waals surface area contributed by atoms with E-state index in [4.69, 9.17) is 4.74 Å². The number of nitrogens with zero attached hydrogens (tertiary/aromatic N) is 1. The molecule has 0 saturated heterocycles. The van der Waals surface area contributed by atoms with Gasteiger partial charge >= 0.3 is 0 Å². The Morgan fingerprint density at radius 1 is 1.44 bits per heavy atom. The van der Waals surface area contributed by atoms with Crippen molar-refractivity contribution in [1.29, 1.82) is 0 Å². The molecule has 1 atom stereocenters. The van der Waals surface area contributed by atoms with Gasteiger partial charge in [-0.1, -0.05) is 19.1 Å². The van der Waals surface area contributed by atoms with Gasteiger partial charge in [0, 0.05) is 23.4 Å². The molecule has 1 aromatic carbocycles. The molecule has 1 heterocycles. The van der Waals surface area contributed by atoms with E-state index in [1.165, 1.54) is 6.20 Å². The fourth-order valence-corrected chi connectivity index (χ4v) is 1.97. The molecule has 4 nitrogen and oxygen atoms in total. The SMILES string of the molecule is CCC(Cc1ccc2c(O)cncc2c1)OC=O. The molecule has 0 spiro atoms. The number of ether oxygens (including phenoxy) is 1. The van der Waals surface area contributed by atoms with E-state index in [0.717, 1.165) is 22.8 Å². The Kier molecular flexibility index (Phi) is 3.77. The van der Waals surface area contributed by atoms with Crippen LogP contribution >= 0.6 is 0 Å². The Hall–Kier alpha value is -2.10. The van der Waals surface area contributed by atoms with Gasteiger partial charge in [-0.25, -0.2) is 0 Å². The molecular weight excluding hydrogens is 230 g/mol. The molecule has 0 fully saturated rings. The fourth-order valence-electron chi connectivity index (χ4n) is 1.97. The van der Waals surface area contributed by atoms with Crippen LogP contribution in [0.1, 0.15) is 18.9 Å². The van der Waals surface area contributed by atoms with Crippen molar-refractivity contribution in [3.8, 4) is 5.75 Å². The highest BCUT2D eigenvalue weighted by Gasteiger charge is 2.09. The van der Waals surface area contributed by atoms with Gasteiger partial charge in [-0.15, -0.1) is 0 Å². The number of benzene rings is 1. The third-order valence-corrected chi connectivity index (χ3v) is 2.97. The van der Waals surface area contributed by atoms with E-state index in [1.807, 2.05) is 25.1 Å². The Morgan fingerprint density at radius 3 is 3.00 bits per heavy atom. The van der Waals surface area contributed by atoms with E-state index >= 15 is 0 Å². The Labute approximate surface area is 105 Å². The van der Waals surface area contributed by atoms with Gasteiger partial charge in [-0.2, -0.15) is 0 Å². The number of hydrogen-bond acceptors (Lipinski definition) is 4. The summed E-state index contributed by atoms with van der Waals surface area (Å²) in [5.41, 5.74) is 1.06. The van der Waals surface area contributed by atoms with E-state index < -0.39 is 0 Å². The maximum absolute atomic E-state index is 10.4. The number of aromatic hydroxyl groups is 1. The molecule has 0 bridgehead atoms. The summed E-state index contributed by atoms with van der Waals surface area (Å²) in [6, 6.07) is 5.74.